The lowest BCUT2D eigenvalue weighted by atomic mass is 10.1. The Morgan fingerprint density at radius 3 is 2.60 bits per heavy atom. The first-order valence-electron chi connectivity index (χ1n) is 8.32. The predicted molar refractivity (Wildman–Crippen MR) is 103 cm³/mol. The van der Waals surface area contributed by atoms with Gasteiger partial charge in [-0.3, -0.25) is 9.52 Å². The summed E-state index contributed by atoms with van der Waals surface area (Å²) in [5, 5.41) is 6.17. The minimum absolute atomic E-state index is 0. The molecule has 3 N–H and O–H groups in total. The molecule has 1 aliphatic rings. The van der Waals surface area contributed by atoms with E-state index in [1.54, 1.807) is 31.2 Å². The first-order valence-corrected chi connectivity index (χ1v) is 9.98. The zero-order valence-corrected chi connectivity index (χ0v) is 16.1. The predicted octanol–water partition coefficient (Wildman–Crippen LogP) is 0.895. The Kier molecular flexibility index (Phi) is 9.20. The maximum absolute atomic E-state index is 12.3. The van der Waals surface area contributed by atoms with Crippen molar-refractivity contribution in [2.75, 3.05) is 49.7 Å². The second-order valence-electron chi connectivity index (χ2n) is 5.75. The molecule has 0 radical (unpaired) electrons. The van der Waals surface area contributed by atoms with Crippen LogP contribution in [0.25, 0.3) is 0 Å². The molecule has 7 nitrogen and oxygen atoms in total. The van der Waals surface area contributed by atoms with Crippen molar-refractivity contribution in [1.82, 2.24) is 15.5 Å². The van der Waals surface area contributed by atoms with Crippen LogP contribution in [0, 0.1) is 0 Å². The van der Waals surface area contributed by atoms with Gasteiger partial charge in [-0.2, -0.15) is 0 Å². The van der Waals surface area contributed by atoms with Gasteiger partial charge in [0.25, 0.3) is 5.91 Å². The van der Waals surface area contributed by atoms with Crippen LogP contribution in [-0.4, -0.2) is 64.2 Å². The molecule has 0 spiro atoms. The number of para-hydroxylation sites is 1. The Balaban J connectivity index is 0.00000312. The maximum Gasteiger partial charge on any atom is 0.253 e. The highest BCUT2D eigenvalue weighted by Gasteiger charge is 2.15. The molecule has 0 bridgehead atoms. The van der Waals surface area contributed by atoms with Gasteiger partial charge in [-0.1, -0.05) is 12.1 Å². The number of rotatable bonds is 8. The Morgan fingerprint density at radius 1 is 1.24 bits per heavy atom. The van der Waals surface area contributed by atoms with Gasteiger partial charge in [-0.15, -0.1) is 12.4 Å². The summed E-state index contributed by atoms with van der Waals surface area (Å²) in [4.78, 5) is 14.7. The van der Waals surface area contributed by atoms with Crippen molar-refractivity contribution in [2.45, 2.75) is 13.3 Å². The molecule has 1 amide bonds. The van der Waals surface area contributed by atoms with E-state index in [1.165, 1.54) is 0 Å². The number of carbonyl (C=O) groups is 1. The number of anilines is 1. The lowest BCUT2D eigenvalue weighted by Crippen LogP contribution is -2.44. The van der Waals surface area contributed by atoms with Crippen LogP contribution in [0.3, 0.4) is 0 Å². The number of hydrogen-bond acceptors (Lipinski definition) is 5. The monoisotopic (exact) mass is 390 g/mol. The van der Waals surface area contributed by atoms with Gasteiger partial charge < -0.3 is 15.5 Å². The quantitative estimate of drug-likeness (QED) is 0.573. The number of nitrogens with zero attached hydrogens (tertiary/aromatic N) is 1. The van der Waals surface area contributed by atoms with Crippen molar-refractivity contribution >= 4 is 34.0 Å². The molecular weight excluding hydrogens is 364 g/mol. The molecule has 142 valence electrons. The number of nitrogens with one attached hydrogen (secondary N) is 3. The number of halogens is 1. The summed E-state index contributed by atoms with van der Waals surface area (Å²) in [5.74, 6) is -0.294. The summed E-state index contributed by atoms with van der Waals surface area (Å²) in [6.45, 7) is 7.17. The highest BCUT2D eigenvalue weighted by molar-refractivity contribution is 7.92. The van der Waals surface area contributed by atoms with Crippen molar-refractivity contribution in [1.29, 1.82) is 0 Å². The molecule has 1 fully saturated rings. The Bertz CT molecular complexity index is 649. The summed E-state index contributed by atoms with van der Waals surface area (Å²) in [6, 6.07) is 6.65. The summed E-state index contributed by atoms with van der Waals surface area (Å²) in [5.41, 5.74) is 0.663. The number of hydrogen-bond donors (Lipinski definition) is 3. The molecule has 2 rings (SSSR count). The van der Waals surface area contributed by atoms with Crippen molar-refractivity contribution in [2.24, 2.45) is 0 Å². The van der Waals surface area contributed by atoms with Crippen LogP contribution in [0.5, 0.6) is 0 Å². The summed E-state index contributed by atoms with van der Waals surface area (Å²) in [6.07, 6.45) is 0.870. The number of amides is 1. The zero-order valence-electron chi connectivity index (χ0n) is 14.5. The van der Waals surface area contributed by atoms with Crippen molar-refractivity contribution in [3.05, 3.63) is 29.8 Å². The molecule has 1 aromatic carbocycles. The number of piperazine rings is 1. The topological polar surface area (TPSA) is 90.5 Å². The highest BCUT2D eigenvalue weighted by Crippen LogP contribution is 2.16. The van der Waals surface area contributed by atoms with Crippen molar-refractivity contribution in [3.63, 3.8) is 0 Å². The molecule has 0 saturated carbocycles. The largest absolute Gasteiger partial charge is 0.352 e. The van der Waals surface area contributed by atoms with Gasteiger partial charge in [0.15, 0.2) is 0 Å². The van der Waals surface area contributed by atoms with E-state index in [-0.39, 0.29) is 24.1 Å². The molecule has 0 atom stereocenters. The zero-order chi connectivity index (χ0) is 17.4. The van der Waals surface area contributed by atoms with Gasteiger partial charge in [0.1, 0.15) is 0 Å². The van der Waals surface area contributed by atoms with E-state index in [2.05, 4.69) is 20.3 Å². The van der Waals surface area contributed by atoms with E-state index >= 15 is 0 Å². The third kappa shape index (κ3) is 7.19. The van der Waals surface area contributed by atoms with Gasteiger partial charge in [0.05, 0.1) is 17.0 Å². The lowest BCUT2D eigenvalue weighted by molar-refractivity contribution is 0.0952. The molecule has 1 aromatic rings. The fourth-order valence-corrected chi connectivity index (χ4v) is 3.20. The molecular formula is C16H27ClN4O3S. The second-order valence-corrected chi connectivity index (χ2v) is 7.76. The molecule has 0 aromatic heterocycles. The average Bonchev–Trinajstić information content (AvgIpc) is 2.59. The number of sulfonamides is 1. The average molecular weight is 391 g/mol. The van der Waals surface area contributed by atoms with E-state index < -0.39 is 10.0 Å². The van der Waals surface area contributed by atoms with E-state index in [1.807, 2.05) is 0 Å². The molecule has 0 unspecified atom stereocenters. The van der Waals surface area contributed by atoms with Crippen LogP contribution in [-0.2, 0) is 10.0 Å². The SMILES string of the molecule is CCS(=O)(=O)Nc1ccccc1C(=O)NCCCN1CCNCC1.Cl. The third-order valence-electron chi connectivity index (χ3n) is 3.96. The Morgan fingerprint density at radius 2 is 1.92 bits per heavy atom. The molecule has 0 aliphatic carbocycles. The standard InChI is InChI=1S/C16H26N4O3S.ClH/c1-2-24(22,23)19-15-7-4-3-6-14(15)16(21)18-8-5-11-20-12-9-17-10-13-20;/h3-4,6-7,17,19H,2,5,8-13H2,1H3,(H,18,21);1H. The fourth-order valence-electron chi connectivity index (χ4n) is 2.54. The Labute approximate surface area is 156 Å². The first-order chi connectivity index (χ1) is 11.5. The van der Waals surface area contributed by atoms with Gasteiger partial charge in [0.2, 0.25) is 10.0 Å². The Hall–Kier alpha value is -1.35. The van der Waals surface area contributed by atoms with Gasteiger partial charge in [-0.25, -0.2) is 8.42 Å². The maximum atomic E-state index is 12.3. The van der Waals surface area contributed by atoms with Crippen molar-refractivity contribution in [3.8, 4) is 0 Å². The molecule has 1 saturated heterocycles. The molecule has 1 heterocycles. The first kappa shape index (κ1) is 21.7. The molecule has 25 heavy (non-hydrogen) atoms. The van der Waals surface area contributed by atoms with E-state index in [4.69, 9.17) is 0 Å². The smallest absolute Gasteiger partial charge is 0.253 e. The van der Waals surface area contributed by atoms with Gasteiger partial charge >= 0.3 is 0 Å². The third-order valence-corrected chi connectivity index (χ3v) is 5.25. The van der Waals surface area contributed by atoms with Crippen LogP contribution in [0.1, 0.15) is 23.7 Å². The number of carbonyl (C=O) groups excluding carboxylic acids is 1. The van der Waals surface area contributed by atoms with Crippen LogP contribution in [0.2, 0.25) is 0 Å². The molecule has 9 heteroatoms. The number of benzene rings is 1. The van der Waals surface area contributed by atoms with E-state index in [9.17, 15) is 13.2 Å². The van der Waals surface area contributed by atoms with Gasteiger partial charge in [0, 0.05) is 32.7 Å². The highest BCUT2D eigenvalue weighted by atomic mass is 35.5. The van der Waals surface area contributed by atoms with Crippen LogP contribution >= 0.6 is 12.4 Å². The minimum atomic E-state index is -3.41. The summed E-state index contributed by atoms with van der Waals surface area (Å²) in [7, 11) is -3.41. The van der Waals surface area contributed by atoms with E-state index in [0.29, 0.717) is 17.8 Å². The van der Waals surface area contributed by atoms with Crippen LogP contribution in [0.15, 0.2) is 24.3 Å². The van der Waals surface area contributed by atoms with Gasteiger partial charge in [-0.05, 0) is 32.0 Å². The normalized spacial score (nSPS) is 15.2. The summed E-state index contributed by atoms with van der Waals surface area (Å²) < 4.78 is 25.9. The lowest BCUT2D eigenvalue weighted by Gasteiger charge is -2.27. The van der Waals surface area contributed by atoms with Crippen molar-refractivity contribution < 1.29 is 13.2 Å². The van der Waals surface area contributed by atoms with Crippen LogP contribution in [0.4, 0.5) is 5.69 Å². The van der Waals surface area contributed by atoms with Crippen LogP contribution < -0.4 is 15.4 Å². The fraction of sp³-hybridized carbons (Fsp3) is 0.562. The molecule has 1 aliphatic heterocycles. The van der Waals surface area contributed by atoms with E-state index in [0.717, 1.165) is 39.1 Å². The second kappa shape index (κ2) is 10.6. The minimum Gasteiger partial charge on any atom is -0.352 e. The summed E-state index contributed by atoms with van der Waals surface area (Å²) >= 11 is 0.